The minimum Gasteiger partial charge on any atom is -0.364 e. The Bertz CT molecular complexity index is 687. The molecule has 0 atom stereocenters. The second-order valence-electron chi connectivity index (χ2n) is 3.80. The Labute approximate surface area is 106 Å². The van der Waals surface area contributed by atoms with Gasteiger partial charge in [-0.2, -0.15) is 0 Å². The van der Waals surface area contributed by atoms with Gasteiger partial charge in [-0.25, -0.2) is 4.98 Å². The van der Waals surface area contributed by atoms with Gasteiger partial charge in [0.1, 0.15) is 22.3 Å². The van der Waals surface area contributed by atoms with E-state index in [-0.39, 0.29) is 0 Å². The lowest BCUT2D eigenvalue weighted by atomic mass is 10.3. The van der Waals surface area contributed by atoms with Gasteiger partial charge in [0.05, 0.1) is 11.4 Å². The second kappa shape index (κ2) is 3.66. The number of fused-ring (bicyclic) bond motifs is 1. The molecular weight excluding hydrogens is 284 g/mol. The molecule has 3 heterocycles. The van der Waals surface area contributed by atoms with Gasteiger partial charge in [-0.05, 0) is 29.8 Å². The van der Waals surface area contributed by atoms with Crippen molar-refractivity contribution in [1.29, 1.82) is 0 Å². The smallest absolute Gasteiger partial charge is 0.159 e. The van der Waals surface area contributed by atoms with E-state index in [4.69, 9.17) is 4.52 Å². The Morgan fingerprint density at radius 3 is 2.82 bits per heavy atom. The van der Waals surface area contributed by atoms with Gasteiger partial charge < -0.3 is 4.52 Å². The van der Waals surface area contributed by atoms with Crippen molar-refractivity contribution in [1.82, 2.24) is 19.5 Å². The molecule has 3 aromatic heterocycles. The number of nitrogens with zero attached hydrogens (tertiary/aromatic N) is 4. The van der Waals surface area contributed by atoms with Crippen LogP contribution in [0.5, 0.6) is 0 Å². The number of aryl methyl sites for hydroxylation is 2. The molecule has 0 spiro atoms. The zero-order valence-corrected chi connectivity index (χ0v) is 10.9. The molecule has 0 aliphatic carbocycles. The van der Waals surface area contributed by atoms with Gasteiger partial charge in [0.25, 0.3) is 0 Å². The summed E-state index contributed by atoms with van der Waals surface area (Å²) in [5.74, 6) is 0. The summed E-state index contributed by atoms with van der Waals surface area (Å²) in [6, 6.07) is 1.78. The molecule has 0 fully saturated rings. The predicted molar refractivity (Wildman–Crippen MR) is 65.7 cm³/mol. The maximum Gasteiger partial charge on any atom is 0.159 e. The summed E-state index contributed by atoms with van der Waals surface area (Å²) < 4.78 is 7.65. The Morgan fingerprint density at radius 2 is 2.12 bits per heavy atom. The van der Waals surface area contributed by atoms with Crippen LogP contribution in [0.1, 0.15) is 11.4 Å². The van der Waals surface area contributed by atoms with E-state index < -0.39 is 0 Å². The van der Waals surface area contributed by atoms with Gasteiger partial charge in [-0.1, -0.05) is 5.16 Å². The maximum absolute atomic E-state index is 4.84. The molecule has 5 nitrogen and oxygen atoms in total. The van der Waals surface area contributed by atoms with Gasteiger partial charge in [0, 0.05) is 12.3 Å². The van der Waals surface area contributed by atoms with Crippen LogP contribution in [0.15, 0.2) is 27.7 Å². The standard InChI is InChI=1S/C11H9BrN4O/c1-6-5-16-10(12)9(8-3-4-17-15-8)14-11(16)7(2)13-6/h3-5H,1-2H3. The molecule has 0 amide bonds. The second-order valence-corrected chi connectivity index (χ2v) is 4.55. The lowest BCUT2D eigenvalue weighted by Crippen LogP contribution is -1.94. The first-order chi connectivity index (χ1) is 8.16. The molecule has 0 aliphatic heterocycles. The Morgan fingerprint density at radius 1 is 1.29 bits per heavy atom. The highest BCUT2D eigenvalue weighted by Gasteiger charge is 2.15. The molecule has 6 heteroatoms. The van der Waals surface area contributed by atoms with Crippen molar-refractivity contribution >= 4 is 21.6 Å². The van der Waals surface area contributed by atoms with Crippen LogP contribution in [-0.2, 0) is 0 Å². The fourth-order valence-corrected chi connectivity index (χ4v) is 2.38. The number of aromatic nitrogens is 4. The minimum absolute atomic E-state index is 0.706. The van der Waals surface area contributed by atoms with Crippen LogP contribution in [-0.4, -0.2) is 19.5 Å². The molecule has 0 N–H and O–H groups in total. The molecule has 17 heavy (non-hydrogen) atoms. The van der Waals surface area contributed by atoms with Crippen molar-refractivity contribution in [2.75, 3.05) is 0 Å². The first-order valence-electron chi connectivity index (χ1n) is 5.09. The van der Waals surface area contributed by atoms with E-state index in [1.165, 1.54) is 6.26 Å². The summed E-state index contributed by atoms with van der Waals surface area (Å²) in [5, 5.41) is 3.89. The van der Waals surface area contributed by atoms with Gasteiger partial charge in [-0.3, -0.25) is 9.38 Å². The average molecular weight is 293 g/mol. The fourth-order valence-electron chi connectivity index (χ4n) is 1.81. The molecule has 0 aliphatic rings. The molecule has 3 aromatic rings. The van der Waals surface area contributed by atoms with Crippen molar-refractivity contribution in [3.8, 4) is 11.4 Å². The van der Waals surface area contributed by atoms with Crippen LogP contribution in [0.4, 0.5) is 0 Å². The van der Waals surface area contributed by atoms with Crippen LogP contribution in [0.3, 0.4) is 0 Å². The van der Waals surface area contributed by atoms with Crippen LogP contribution in [0.25, 0.3) is 17.0 Å². The van der Waals surface area contributed by atoms with Crippen molar-refractivity contribution < 1.29 is 4.52 Å². The topological polar surface area (TPSA) is 56.2 Å². The van der Waals surface area contributed by atoms with Crippen molar-refractivity contribution in [3.05, 3.63) is 34.5 Å². The molecule has 0 radical (unpaired) electrons. The molecule has 0 aromatic carbocycles. The van der Waals surface area contributed by atoms with Crippen LogP contribution in [0, 0.1) is 13.8 Å². The van der Waals surface area contributed by atoms with Gasteiger partial charge in [0.2, 0.25) is 0 Å². The van der Waals surface area contributed by atoms with Crippen LogP contribution in [0.2, 0.25) is 0 Å². The third-order valence-corrected chi connectivity index (χ3v) is 3.27. The Hall–Kier alpha value is -1.69. The fraction of sp³-hybridized carbons (Fsp3) is 0.182. The van der Waals surface area contributed by atoms with Gasteiger partial charge in [0.15, 0.2) is 5.65 Å². The first-order valence-corrected chi connectivity index (χ1v) is 5.88. The predicted octanol–water partition coefficient (Wildman–Crippen LogP) is 2.76. The zero-order valence-electron chi connectivity index (χ0n) is 9.31. The quantitative estimate of drug-likeness (QED) is 0.692. The third-order valence-electron chi connectivity index (χ3n) is 2.52. The van der Waals surface area contributed by atoms with Crippen molar-refractivity contribution in [2.24, 2.45) is 0 Å². The van der Waals surface area contributed by atoms with E-state index in [2.05, 4.69) is 31.1 Å². The van der Waals surface area contributed by atoms with E-state index >= 15 is 0 Å². The number of imidazole rings is 1. The Balaban J connectivity index is 2.36. The summed E-state index contributed by atoms with van der Waals surface area (Å²) in [4.78, 5) is 8.92. The number of hydrogen-bond donors (Lipinski definition) is 0. The van der Waals surface area contributed by atoms with E-state index in [0.717, 1.165) is 27.3 Å². The molecule has 0 bridgehead atoms. The summed E-state index contributed by atoms with van der Waals surface area (Å²) in [5.41, 5.74) is 4.12. The summed E-state index contributed by atoms with van der Waals surface area (Å²) in [6.45, 7) is 3.89. The molecule has 0 saturated heterocycles. The molecular formula is C11H9BrN4O. The highest BCUT2D eigenvalue weighted by atomic mass is 79.9. The lowest BCUT2D eigenvalue weighted by Gasteiger charge is -1.99. The van der Waals surface area contributed by atoms with Crippen molar-refractivity contribution in [2.45, 2.75) is 13.8 Å². The van der Waals surface area contributed by atoms with Gasteiger partial charge >= 0.3 is 0 Å². The van der Waals surface area contributed by atoms with Crippen LogP contribution < -0.4 is 0 Å². The number of hydrogen-bond acceptors (Lipinski definition) is 4. The maximum atomic E-state index is 4.84. The highest BCUT2D eigenvalue weighted by molar-refractivity contribution is 9.10. The van der Waals surface area contributed by atoms with E-state index in [1.807, 2.05) is 24.4 Å². The van der Waals surface area contributed by atoms with Crippen molar-refractivity contribution in [3.63, 3.8) is 0 Å². The zero-order chi connectivity index (χ0) is 12.0. The number of rotatable bonds is 1. The summed E-state index contributed by atoms with van der Waals surface area (Å²) in [6.07, 6.45) is 3.46. The molecule has 86 valence electrons. The lowest BCUT2D eigenvalue weighted by molar-refractivity contribution is 0.422. The molecule has 0 saturated carbocycles. The summed E-state index contributed by atoms with van der Waals surface area (Å²) >= 11 is 3.53. The molecule has 3 rings (SSSR count). The van der Waals surface area contributed by atoms with E-state index in [0.29, 0.717) is 5.69 Å². The number of halogens is 1. The third kappa shape index (κ3) is 1.56. The monoisotopic (exact) mass is 292 g/mol. The molecule has 0 unspecified atom stereocenters. The van der Waals surface area contributed by atoms with Gasteiger partial charge in [-0.15, -0.1) is 0 Å². The summed E-state index contributed by atoms with van der Waals surface area (Å²) in [7, 11) is 0. The average Bonchev–Trinajstić information content (AvgIpc) is 2.87. The van der Waals surface area contributed by atoms with Crippen LogP contribution >= 0.6 is 15.9 Å². The minimum atomic E-state index is 0.706. The largest absolute Gasteiger partial charge is 0.364 e. The normalized spacial score (nSPS) is 11.2. The Kier molecular flexibility index (Phi) is 2.25. The first kappa shape index (κ1) is 10.5. The van der Waals surface area contributed by atoms with E-state index in [1.54, 1.807) is 6.07 Å². The highest BCUT2D eigenvalue weighted by Crippen LogP contribution is 2.28. The van der Waals surface area contributed by atoms with E-state index in [9.17, 15) is 0 Å². The SMILES string of the molecule is Cc1cn2c(Br)c(-c3ccon3)nc2c(C)n1.